The summed E-state index contributed by atoms with van der Waals surface area (Å²) in [6.45, 7) is 1.99. The predicted molar refractivity (Wildman–Crippen MR) is 40.4 cm³/mol. The Labute approximate surface area is 60.7 Å². The van der Waals surface area contributed by atoms with E-state index in [0.717, 1.165) is 5.82 Å². The van der Waals surface area contributed by atoms with Crippen molar-refractivity contribution in [3.63, 3.8) is 0 Å². The van der Waals surface area contributed by atoms with E-state index in [9.17, 15) is 0 Å². The van der Waals surface area contributed by atoms with E-state index in [0.29, 0.717) is 0 Å². The van der Waals surface area contributed by atoms with Gasteiger partial charge in [0.25, 0.3) is 0 Å². The summed E-state index contributed by atoms with van der Waals surface area (Å²) in [5.74, 6) is 1.05. The fraction of sp³-hybridized carbons (Fsp3) is 0.500. The maximum absolute atomic E-state index is 4.13. The molecule has 0 amide bonds. The molecule has 0 aliphatic carbocycles. The van der Waals surface area contributed by atoms with Crippen LogP contribution in [0.2, 0.25) is 11.0 Å². The molecule has 48 valence electrons. The average Bonchev–Trinajstić information content (AvgIpc) is 2.14. The number of H-pyrrole nitrogens is 1. The molecule has 0 aromatic carbocycles. The summed E-state index contributed by atoms with van der Waals surface area (Å²) in [4.78, 5) is 7.38. The van der Waals surface area contributed by atoms with Gasteiger partial charge in [0.2, 0.25) is 0 Å². The van der Waals surface area contributed by atoms with Gasteiger partial charge in [-0.2, -0.15) is 0 Å². The van der Waals surface area contributed by atoms with Crippen LogP contribution < -0.4 is 4.25 Å². The first-order valence-corrected chi connectivity index (χ1v) is 9.27. The van der Waals surface area contributed by atoms with Gasteiger partial charge in [-0.3, -0.25) is 0 Å². The second-order valence-corrected chi connectivity index (χ2v) is 8.73. The van der Waals surface area contributed by atoms with E-state index in [1.165, 1.54) is 4.25 Å². The van der Waals surface area contributed by atoms with Crippen LogP contribution in [0.4, 0.5) is 0 Å². The van der Waals surface area contributed by atoms with E-state index < -0.39 is 16.2 Å². The Bertz CT molecular complexity index is 193. The van der Waals surface area contributed by atoms with Gasteiger partial charge in [-0.25, -0.2) is 0 Å². The Kier molecular flexibility index (Phi) is 2.03. The standard InChI is InChI=1S/C4H5N2.2CH3.Ga/c1-4-5-2-3-6-4;;;/h2H,1H3,(H,5,6);2*1H3;. The van der Waals surface area contributed by atoms with Gasteiger partial charge in [-0.15, -0.1) is 0 Å². The molecule has 0 unspecified atom stereocenters. The Morgan fingerprint density at radius 2 is 2.22 bits per heavy atom. The van der Waals surface area contributed by atoms with Crippen LogP contribution in [0.5, 0.6) is 0 Å². The van der Waals surface area contributed by atoms with Gasteiger partial charge in [0.1, 0.15) is 0 Å². The number of nitrogens with zero attached hydrogens (tertiary/aromatic N) is 1. The summed E-state index contributed by atoms with van der Waals surface area (Å²) in [5, 5.41) is 0. The molecular weight excluding hydrogens is 170 g/mol. The maximum atomic E-state index is 4.13. The van der Waals surface area contributed by atoms with Crippen molar-refractivity contribution in [1.29, 1.82) is 0 Å². The third-order valence-corrected chi connectivity index (χ3v) is 4.57. The minimum atomic E-state index is -1.04. The Hall–Kier alpha value is -0.154. The molecule has 0 radical (unpaired) electrons. The second-order valence-electron chi connectivity index (χ2n) is 2.58. The number of rotatable bonds is 1. The van der Waals surface area contributed by atoms with E-state index in [2.05, 4.69) is 20.9 Å². The molecular formula is C6H11GaN2. The van der Waals surface area contributed by atoms with Gasteiger partial charge >= 0.3 is 60.3 Å². The molecule has 1 N–H and O–H groups in total. The zero-order valence-electron chi connectivity index (χ0n) is 6.10. The van der Waals surface area contributed by atoms with Gasteiger partial charge in [0, 0.05) is 0 Å². The van der Waals surface area contributed by atoms with E-state index >= 15 is 0 Å². The molecule has 0 aliphatic rings. The molecule has 0 aliphatic heterocycles. The first-order chi connectivity index (χ1) is 4.20. The summed E-state index contributed by atoms with van der Waals surface area (Å²) in [6, 6.07) is 0. The van der Waals surface area contributed by atoms with Crippen molar-refractivity contribution >= 4 is 20.5 Å². The summed E-state index contributed by atoms with van der Waals surface area (Å²) < 4.78 is 1.40. The number of hydrogen-bond acceptors (Lipinski definition) is 1. The van der Waals surface area contributed by atoms with Crippen molar-refractivity contribution in [2.75, 3.05) is 0 Å². The van der Waals surface area contributed by atoms with Crippen LogP contribution in [0.25, 0.3) is 0 Å². The number of aromatic amines is 1. The van der Waals surface area contributed by atoms with Gasteiger partial charge in [0.15, 0.2) is 0 Å². The number of nitrogens with one attached hydrogen (secondary N) is 1. The van der Waals surface area contributed by atoms with E-state index in [4.69, 9.17) is 0 Å². The summed E-state index contributed by atoms with van der Waals surface area (Å²) >= 11 is -1.04. The molecule has 1 rings (SSSR count). The number of hydrogen-bond donors (Lipinski definition) is 1. The van der Waals surface area contributed by atoms with Crippen LogP contribution in [-0.4, -0.2) is 26.2 Å². The first-order valence-electron chi connectivity index (χ1n) is 3.21. The molecule has 9 heavy (non-hydrogen) atoms. The quantitative estimate of drug-likeness (QED) is 0.634. The zero-order chi connectivity index (χ0) is 6.85. The molecule has 0 saturated heterocycles. The van der Waals surface area contributed by atoms with Gasteiger partial charge < -0.3 is 0 Å². The van der Waals surface area contributed by atoms with Crippen LogP contribution in [0.1, 0.15) is 5.82 Å². The number of imidazole rings is 1. The van der Waals surface area contributed by atoms with E-state index in [1.807, 2.05) is 13.1 Å². The van der Waals surface area contributed by atoms with Crippen LogP contribution >= 0.6 is 0 Å². The molecule has 1 aromatic rings. The minimum absolute atomic E-state index is 1.04. The topological polar surface area (TPSA) is 28.7 Å². The summed E-state index contributed by atoms with van der Waals surface area (Å²) in [5.41, 5.74) is 4.67. The second kappa shape index (κ2) is 2.62. The van der Waals surface area contributed by atoms with Crippen LogP contribution in [0.15, 0.2) is 6.20 Å². The SMILES string of the molecule is Cc1nc[c]([Ga]([CH3])[CH3])[nH]1. The molecule has 0 bridgehead atoms. The van der Waals surface area contributed by atoms with Crippen molar-refractivity contribution in [3.8, 4) is 0 Å². The van der Waals surface area contributed by atoms with Crippen molar-refractivity contribution in [2.45, 2.75) is 17.9 Å². The Morgan fingerprint density at radius 3 is 2.44 bits per heavy atom. The molecule has 0 saturated carbocycles. The van der Waals surface area contributed by atoms with Crippen molar-refractivity contribution in [3.05, 3.63) is 12.0 Å². The molecule has 3 heteroatoms. The van der Waals surface area contributed by atoms with Crippen molar-refractivity contribution in [2.24, 2.45) is 0 Å². The predicted octanol–water partition coefficient (Wildman–Crippen LogP) is 0.680. The van der Waals surface area contributed by atoms with Gasteiger partial charge in [-0.1, -0.05) is 0 Å². The molecule has 0 spiro atoms. The fourth-order valence-electron chi connectivity index (χ4n) is 0.733. The zero-order valence-corrected chi connectivity index (χ0v) is 8.52. The third kappa shape index (κ3) is 1.63. The molecule has 2 nitrogen and oxygen atoms in total. The van der Waals surface area contributed by atoms with Crippen LogP contribution in [0.3, 0.4) is 0 Å². The van der Waals surface area contributed by atoms with Crippen molar-refractivity contribution < 1.29 is 0 Å². The number of aromatic nitrogens is 2. The summed E-state index contributed by atoms with van der Waals surface area (Å²) in [7, 11) is 0. The Morgan fingerprint density at radius 1 is 1.56 bits per heavy atom. The normalized spacial score (nSPS) is 9.67. The van der Waals surface area contributed by atoms with Gasteiger partial charge in [-0.05, 0) is 0 Å². The third-order valence-electron chi connectivity index (χ3n) is 1.34. The average molecular weight is 181 g/mol. The van der Waals surface area contributed by atoms with Gasteiger partial charge in [0.05, 0.1) is 0 Å². The van der Waals surface area contributed by atoms with Crippen LogP contribution in [0, 0.1) is 6.92 Å². The molecule has 0 atom stereocenters. The monoisotopic (exact) mass is 180 g/mol. The van der Waals surface area contributed by atoms with E-state index in [-0.39, 0.29) is 0 Å². The summed E-state index contributed by atoms with van der Waals surface area (Å²) in [6.07, 6.45) is 1.97. The van der Waals surface area contributed by atoms with Crippen molar-refractivity contribution in [1.82, 2.24) is 9.97 Å². The molecule has 0 fully saturated rings. The van der Waals surface area contributed by atoms with E-state index in [1.54, 1.807) is 0 Å². The first kappa shape index (κ1) is 6.96. The fourth-order valence-corrected chi connectivity index (χ4v) is 2.56. The Balaban J connectivity index is 2.85. The number of aryl methyl sites for hydroxylation is 1. The molecule has 1 aromatic heterocycles. The molecule has 1 heterocycles. The van der Waals surface area contributed by atoms with Crippen LogP contribution in [-0.2, 0) is 0 Å².